The van der Waals surface area contributed by atoms with Crippen molar-refractivity contribution in [3.63, 3.8) is 0 Å². The van der Waals surface area contributed by atoms with Crippen molar-refractivity contribution in [2.24, 2.45) is 20.0 Å². The third-order valence-electron chi connectivity index (χ3n) is 20.0. The predicted molar refractivity (Wildman–Crippen MR) is 387 cm³/mol. The minimum Gasteiger partial charge on any atom is -0.492 e. The van der Waals surface area contributed by atoms with Crippen LogP contribution in [0.2, 0.25) is 0 Å². The zero-order valence-electron chi connectivity index (χ0n) is 57.6. The Labute approximate surface area is 566 Å². The number of hydrogen-bond acceptors (Lipinski definition) is 12. The molecule has 10 aromatic rings. The van der Waals surface area contributed by atoms with Crippen molar-refractivity contribution in [2.75, 3.05) is 52.9 Å². The molecular formula is C81H88N8O8+2. The van der Waals surface area contributed by atoms with Gasteiger partial charge in [0.2, 0.25) is 22.6 Å². The van der Waals surface area contributed by atoms with Gasteiger partial charge in [0.05, 0.1) is 74.4 Å². The maximum atomic E-state index is 7.41. The van der Waals surface area contributed by atoms with E-state index in [1.54, 1.807) is 0 Å². The molecular weight excluding hydrogens is 1210 g/mol. The molecule has 2 aromatic heterocycles. The molecule has 0 unspecified atom stereocenters. The van der Waals surface area contributed by atoms with Crippen LogP contribution in [0.25, 0.3) is 64.6 Å². The predicted octanol–water partition coefficient (Wildman–Crippen LogP) is 17.8. The molecule has 498 valence electrons. The smallest absolute Gasteiger partial charge is 0.404 e. The number of nitrogens with zero attached hydrogens (tertiary/aromatic N) is 8. The average Bonchev–Trinajstić information content (AvgIpc) is 1.45. The van der Waals surface area contributed by atoms with Crippen molar-refractivity contribution >= 4 is 99.6 Å². The number of unbranched alkanes of at least 4 members (excludes halogenated alkanes) is 8. The van der Waals surface area contributed by atoms with Gasteiger partial charge < -0.3 is 37.9 Å². The van der Waals surface area contributed by atoms with Crippen LogP contribution in [0.15, 0.2) is 117 Å². The Morgan fingerprint density at radius 3 is 0.794 bits per heavy atom. The number of aromatic nitrogens is 2. The van der Waals surface area contributed by atoms with Crippen LogP contribution in [0.3, 0.4) is 0 Å². The van der Waals surface area contributed by atoms with Crippen molar-refractivity contribution in [3.05, 3.63) is 130 Å². The molecule has 0 bridgehead atoms. The van der Waals surface area contributed by atoms with Crippen LogP contribution >= 0.6 is 0 Å². The maximum absolute atomic E-state index is 7.41. The van der Waals surface area contributed by atoms with E-state index in [0.717, 1.165) is 190 Å². The number of hydrogen-bond donors (Lipinski definition) is 0. The van der Waals surface area contributed by atoms with Crippen LogP contribution < -0.4 is 48.9 Å². The first-order chi connectivity index (χ1) is 47.9. The van der Waals surface area contributed by atoms with Gasteiger partial charge in [-0.05, 0) is 51.4 Å². The molecule has 97 heavy (non-hydrogen) atoms. The summed E-state index contributed by atoms with van der Waals surface area (Å²) in [5.74, 6) is 7.89. The monoisotopic (exact) mass is 1300 g/mol. The van der Waals surface area contributed by atoms with Gasteiger partial charge in [0.15, 0.2) is 0 Å². The number of aliphatic imine (C=N–C) groups is 2. The standard InChI is InChI=1S/C81H88N8O8/c1-9-17-41-90-65-49-33-25-26-34-50(49)66(91-42-18-10-2)58-57(65)73-82-75-59-60(68(93-44-20-12-4)52-36-28-27-35-51(52)67(59)92-43-19-11-3)77-84-79-63-64(72(97-48-24-16-8)56-40-32-31-39-55(56)71(63)96-47-23-15-7)80-85-78-62-61(76-83-74(58)86(73)81(87(75)77,88(76)78)89(79)80)69(94-45-21-13-5)53-37-29-30-38-54(53)70(62)95-46-22-14-6/h25-40H,9-24,41-48H2,1-8H3/q+2. The van der Waals surface area contributed by atoms with Gasteiger partial charge in [-0.2, -0.15) is 9.13 Å². The summed E-state index contributed by atoms with van der Waals surface area (Å²) in [4.78, 5) is 25.1. The fourth-order valence-electron chi connectivity index (χ4n) is 15.2. The van der Waals surface area contributed by atoms with Gasteiger partial charge in [-0.15, -0.1) is 9.15 Å². The molecule has 1 spiro atoms. The molecule has 16 rings (SSSR count). The van der Waals surface area contributed by atoms with Crippen LogP contribution in [0.1, 0.15) is 180 Å². The van der Waals surface area contributed by atoms with Gasteiger partial charge in [0.25, 0.3) is 23.3 Å². The van der Waals surface area contributed by atoms with E-state index in [9.17, 15) is 0 Å². The zero-order chi connectivity index (χ0) is 66.1. The van der Waals surface area contributed by atoms with Crippen LogP contribution in [0, 0.1) is 0 Å². The fourth-order valence-corrected chi connectivity index (χ4v) is 15.2. The third kappa shape index (κ3) is 9.26. The fraction of sp³-hybridized carbons (Fsp3) is 0.407. The molecule has 8 heterocycles. The average molecular weight is 1300 g/mol. The zero-order valence-corrected chi connectivity index (χ0v) is 57.6. The van der Waals surface area contributed by atoms with Crippen molar-refractivity contribution in [1.29, 1.82) is 0 Å². The van der Waals surface area contributed by atoms with Crippen molar-refractivity contribution < 1.29 is 47.0 Å². The van der Waals surface area contributed by atoms with E-state index < -0.39 is 5.91 Å². The quantitative estimate of drug-likeness (QED) is 0.0300. The van der Waals surface area contributed by atoms with E-state index in [4.69, 9.17) is 57.9 Å². The highest BCUT2D eigenvalue weighted by molar-refractivity contribution is 6.28. The molecule has 0 fully saturated rings. The molecule has 0 N–H and O–H groups in total. The van der Waals surface area contributed by atoms with Gasteiger partial charge >= 0.3 is 5.91 Å². The lowest BCUT2D eigenvalue weighted by Gasteiger charge is -2.40. The van der Waals surface area contributed by atoms with E-state index in [2.05, 4.69) is 171 Å². The Balaban J connectivity index is 1.21. The molecule has 16 nitrogen and oxygen atoms in total. The number of ether oxygens (including phenoxy) is 8. The van der Waals surface area contributed by atoms with Gasteiger partial charge in [0.1, 0.15) is 68.2 Å². The SMILES string of the molecule is CCCCOc1c2c(c(OCCCC)c3ccccc13)C1=[N+]3C2=Nc2c4c(OCCCC)c5ccccc5c(OCCCC)c4c4n2C32n3c(c5c(OCCCC)c6ccccc6c(OCCCC)c5c3=NC3=[N+]2C(=N4)c2c3c(OCCCC)c3ccccc3c2OCCCC)=N1. The lowest BCUT2D eigenvalue weighted by Crippen LogP contribution is -2.71. The summed E-state index contributed by atoms with van der Waals surface area (Å²) in [5.41, 5.74) is 4.42. The molecule has 16 heteroatoms. The Hall–Kier alpha value is -9.44. The highest BCUT2D eigenvalue weighted by Crippen LogP contribution is 2.62. The Kier molecular flexibility index (Phi) is 16.6. The van der Waals surface area contributed by atoms with Crippen LogP contribution in [-0.2, 0) is 5.91 Å². The number of benzene rings is 8. The third-order valence-corrected chi connectivity index (χ3v) is 20.0. The summed E-state index contributed by atoms with van der Waals surface area (Å²) in [7, 11) is 0. The van der Waals surface area contributed by atoms with Crippen LogP contribution in [0.4, 0.5) is 11.6 Å². The Bertz CT molecular complexity index is 4840. The highest BCUT2D eigenvalue weighted by Gasteiger charge is 2.72. The van der Waals surface area contributed by atoms with Crippen LogP contribution in [-0.4, -0.2) is 94.5 Å². The molecule has 0 saturated heterocycles. The van der Waals surface area contributed by atoms with Gasteiger partial charge in [-0.25, -0.2) is 0 Å². The normalized spacial score (nSPS) is 14.6. The summed E-state index contributed by atoms with van der Waals surface area (Å²) in [5, 5.41) is 10.6. The summed E-state index contributed by atoms with van der Waals surface area (Å²) < 4.78 is 68.7. The summed E-state index contributed by atoms with van der Waals surface area (Å²) in [6, 6.07) is 34.2. The molecule has 6 aliphatic heterocycles. The van der Waals surface area contributed by atoms with Gasteiger partial charge in [0, 0.05) is 43.1 Å². The molecule has 6 aliphatic rings. The maximum Gasteiger partial charge on any atom is 0.404 e. The van der Waals surface area contributed by atoms with Crippen molar-refractivity contribution in [3.8, 4) is 46.0 Å². The van der Waals surface area contributed by atoms with E-state index in [1.807, 2.05) is 0 Å². The summed E-state index contributed by atoms with van der Waals surface area (Å²) in [6.45, 7) is 21.5. The Morgan fingerprint density at radius 2 is 0.526 bits per heavy atom. The first kappa shape index (κ1) is 62.4. The second-order valence-electron chi connectivity index (χ2n) is 26.4. The minimum atomic E-state index is -1.62. The van der Waals surface area contributed by atoms with Crippen LogP contribution in [0.5, 0.6) is 46.0 Å². The summed E-state index contributed by atoms with van der Waals surface area (Å²) >= 11 is 0. The van der Waals surface area contributed by atoms with Crippen molar-refractivity contribution in [2.45, 2.75) is 164 Å². The first-order valence-corrected chi connectivity index (χ1v) is 36.4. The lowest BCUT2D eigenvalue weighted by atomic mass is 9.97. The minimum absolute atomic E-state index is 0.475. The van der Waals surface area contributed by atoms with E-state index >= 15 is 0 Å². The number of rotatable bonds is 32. The molecule has 0 amide bonds. The number of amidine groups is 4. The highest BCUT2D eigenvalue weighted by atomic mass is 16.5. The largest absolute Gasteiger partial charge is 0.492 e. The van der Waals surface area contributed by atoms with Gasteiger partial charge in [-0.3, -0.25) is 0 Å². The molecule has 8 aromatic carbocycles. The van der Waals surface area contributed by atoms with Gasteiger partial charge in [-0.1, -0.05) is 224 Å². The van der Waals surface area contributed by atoms with Crippen molar-refractivity contribution in [1.82, 2.24) is 9.13 Å². The second-order valence-corrected chi connectivity index (χ2v) is 26.4. The van der Waals surface area contributed by atoms with E-state index in [0.29, 0.717) is 145 Å². The topological polar surface area (TPSA) is 139 Å². The Morgan fingerprint density at radius 1 is 0.289 bits per heavy atom. The summed E-state index contributed by atoms with van der Waals surface area (Å²) in [6.07, 6.45) is 14.2. The lowest BCUT2D eigenvalue weighted by molar-refractivity contribution is -0.790. The molecule has 0 aliphatic carbocycles. The molecule has 0 atom stereocenters. The van der Waals surface area contributed by atoms with E-state index in [-0.39, 0.29) is 0 Å². The van der Waals surface area contributed by atoms with E-state index in [1.165, 1.54) is 0 Å². The number of fused-ring (bicyclic) bond motifs is 16. The molecule has 0 radical (unpaired) electrons. The first-order valence-electron chi connectivity index (χ1n) is 36.4. The molecule has 0 saturated carbocycles. The second kappa shape index (κ2) is 25.9.